The molecule has 190 valence electrons. The van der Waals surface area contributed by atoms with E-state index in [9.17, 15) is 18.8 Å². The van der Waals surface area contributed by atoms with Crippen LogP contribution >= 0.6 is 0 Å². The van der Waals surface area contributed by atoms with Gasteiger partial charge in [-0.25, -0.2) is 4.39 Å². The molecule has 0 saturated carbocycles. The minimum Gasteiger partial charge on any atom is -0.379 e. The summed E-state index contributed by atoms with van der Waals surface area (Å²) in [7, 11) is 0. The molecule has 35 heavy (non-hydrogen) atoms. The maximum absolute atomic E-state index is 13.4. The molecule has 2 aromatic rings. The molecule has 1 aromatic heterocycles. The lowest BCUT2D eigenvalue weighted by Crippen LogP contribution is -2.36. The Morgan fingerprint density at radius 3 is 2.51 bits per heavy atom. The van der Waals surface area contributed by atoms with Crippen LogP contribution in [-0.4, -0.2) is 54.9 Å². The second-order valence-corrected chi connectivity index (χ2v) is 8.91. The summed E-state index contributed by atoms with van der Waals surface area (Å²) in [6, 6.07) is 6.12. The third-order valence-electron chi connectivity index (χ3n) is 5.65. The zero-order valence-electron chi connectivity index (χ0n) is 20.3. The number of halogens is 1. The number of amides is 2. The van der Waals surface area contributed by atoms with Crippen molar-refractivity contribution in [3.8, 4) is 0 Å². The summed E-state index contributed by atoms with van der Waals surface area (Å²) in [5.41, 5.74) is -0.105. The van der Waals surface area contributed by atoms with Crippen LogP contribution in [0.15, 0.2) is 41.5 Å². The molecule has 1 aliphatic rings. The number of nitrogens with zero attached hydrogens (tertiary/aromatic N) is 1. The average molecular weight is 488 g/mol. The van der Waals surface area contributed by atoms with Crippen LogP contribution in [-0.2, 0) is 22.4 Å². The highest BCUT2D eigenvalue weighted by molar-refractivity contribution is 5.99. The molecule has 0 bridgehead atoms. The third-order valence-corrected chi connectivity index (χ3v) is 5.65. The summed E-state index contributed by atoms with van der Waals surface area (Å²) in [5.74, 6) is -1.46. The van der Waals surface area contributed by atoms with Gasteiger partial charge in [0.25, 0.3) is 11.8 Å². The quantitative estimate of drug-likeness (QED) is 0.449. The Hall–Kier alpha value is -3.04. The Balaban J connectivity index is 1.71. The molecule has 2 amide bonds. The van der Waals surface area contributed by atoms with Gasteiger partial charge in [-0.3, -0.25) is 14.4 Å². The van der Waals surface area contributed by atoms with Crippen molar-refractivity contribution in [3.05, 3.63) is 69.4 Å². The summed E-state index contributed by atoms with van der Waals surface area (Å²) in [4.78, 5) is 38.7. The molecule has 1 saturated heterocycles. The monoisotopic (exact) mass is 487 g/mol. The van der Waals surface area contributed by atoms with Crippen molar-refractivity contribution in [1.82, 2.24) is 15.2 Å². The van der Waals surface area contributed by atoms with Crippen molar-refractivity contribution in [2.75, 3.05) is 26.3 Å². The Kier molecular flexibility index (Phi) is 9.98. The topological polar surface area (TPSA) is 98.7 Å². The van der Waals surface area contributed by atoms with Crippen molar-refractivity contribution in [2.45, 2.75) is 58.3 Å². The van der Waals surface area contributed by atoms with Crippen LogP contribution in [0.3, 0.4) is 0 Å². The first-order chi connectivity index (χ1) is 16.8. The van der Waals surface area contributed by atoms with E-state index in [1.165, 1.54) is 24.5 Å². The first-order valence-corrected chi connectivity index (χ1v) is 12.1. The number of carbonyl (C=O) groups excluding carboxylic acids is 2. The van der Waals surface area contributed by atoms with Gasteiger partial charge in [0.15, 0.2) is 0 Å². The fraction of sp³-hybridized carbons (Fsp3) is 0.500. The lowest BCUT2D eigenvalue weighted by atomic mass is 10.1. The maximum Gasteiger partial charge on any atom is 0.256 e. The van der Waals surface area contributed by atoms with Gasteiger partial charge < -0.3 is 24.7 Å². The van der Waals surface area contributed by atoms with Gasteiger partial charge >= 0.3 is 0 Å². The Morgan fingerprint density at radius 2 is 1.89 bits per heavy atom. The molecule has 2 N–H and O–H groups in total. The number of carbonyl (C=O) groups is 2. The number of pyridine rings is 1. The van der Waals surface area contributed by atoms with E-state index in [0.29, 0.717) is 39.1 Å². The SMILES string of the molecule is CC(C)OCCCNC(=O)c1cn(C[C@@H]2CCCO2)cc(C(=O)NCCc2cccc(F)c2)c1=O. The van der Waals surface area contributed by atoms with Crippen molar-refractivity contribution >= 4 is 11.8 Å². The third kappa shape index (κ3) is 8.29. The van der Waals surface area contributed by atoms with Crippen LogP contribution < -0.4 is 16.1 Å². The Labute approximate surface area is 204 Å². The predicted octanol–water partition coefficient (Wildman–Crippen LogP) is 2.68. The number of nitrogens with one attached hydrogen (secondary N) is 2. The first-order valence-electron chi connectivity index (χ1n) is 12.1. The number of hydrogen-bond donors (Lipinski definition) is 2. The van der Waals surface area contributed by atoms with Gasteiger partial charge in [0.2, 0.25) is 5.43 Å². The second kappa shape index (κ2) is 13.2. The van der Waals surface area contributed by atoms with E-state index in [4.69, 9.17) is 9.47 Å². The maximum atomic E-state index is 13.4. The minimum atomic E-state index is -0.632. The molecule has 0 radical (unpaired) electrons. The largest absolute Gasteiger partial charge is 0.379 e. The summed E-state index contributed by atoms with van der Waals surface area (Å²) in [5, 5.41) is 5.45. The molecular formula is C26H34FN3O5. The van der Waals surface area contributed by atoms with Gasteiger partial charge in [0.05, 0.1) is 12.2 Å². The minimum absolute atomic E-state index is 0.0366. The molecule has 9 heteroatoms. The fourth-order valence-electron chi connectivity index (χ4n) is 3.88. The average Bonchev–Trinajstić information content (AvgIpc) is 3.32. The van der Waals surface area contributed by atoms with Crippen LogP contribution in [0.5, 0.6) is 0 Å². The summed E-state index contributed by atoms with van der Waals surface area (Å²) in [6.07, 6.45) is 5.85. The Morgan fingerprint density at radius 1 is 1.17 bits per heavy atom. The molecule has 1 aromatic carbocycles. The number of benzene rings is 1. The van der Waals surface area contributed by atoms with E-state index >= 15 is 0 Å². The first kappa shape index (κ1) is 26.6. The van der Waals surface area contributed by atoms with E-state index in [0.717, 1.165) is 18.4 Å². The second-order valence-electron chi connectivity index (χ2n) is 8.91. The van der Waals surface area contributed by atoms with Crippen LogP contribution in [0.2, 0.25) is 0 Å². The molecule has 1 atom stereocenters. The molecular weight excluding hydrogens is 453 g/mol. The van der Waals surface area contributed by atoms with E-state index in [1.807, 2.05) is 13.8 Å². The van der Waals surface area contributed by atoms with Gasteiger partial charge in [0.1, 0.15) is 16.9 Å². The van der Waals surface area contributed by atoms with Crippen LogP contribution in [0.1, 0.15) is 59.4 Å². The molecule has 0 aliphatic carbocycles. The normalized spacial score (nSPS) is 15.4. The van der Waals surface area contributed by atoms with E-state index < -0.39 is 17.2 Å². The molecule has 8 nitrogen and oxygen atoms in total. The molecule has 0 spiro atoms. The number of aromatic nitrogens is 1. The van der Waals surface area contributed by atoms with E-state index in [1.54, 1.807) is 16.7 Å². The lowest BCUT2D eigenvalue weighted by molar-refractivity contribution is 0.0756. The van der Waals surface area contributed by atoms with Crippen molar-refractivity contribution < 1.29 is 23.5 Å². The summed E-state index contributed by atoms with van der Waals surface area (Å²) in [6.45, 7) is 6.04. The van der Waals surface area contributed by atoms with E-state index in [-0.39, 0.29) is 35.7 Å². The highest BCUT2D eigenvalue weighted by atomic mass is 19.1. The van der Waals surface area contributed by atoms with Gasteiger partial charge in [-0.15, -0.1) is 0 Å². The predicted molar refractivity (Wildman–Crippen MR) is 130 cm³/mol. The number of rotatable bonds is 12. The van der Waals surface area contributed by atoms with Crippen molar-refractivity contribution in [2.24, 2.45) is 0 Å². The summed E-state index contributed by atoms with van der Waals surface area (Å²) >= 11 is 0. The van der Waals surface area contributed by atoms with Crippen molar-refractivity contribution in [1.29, 1.82) is 0 Å². The van der Waals surface area contributed by atoms with Crippen LogP contribution in [0.25, 0.3) is 0 Å². The molecule has 1 fully saturated rings. The smallest absolute Gasteiger partial charge is 0.256 e. The zero-order chi connectivity index (χ0) is 25.2. The van der Waals surface area contributed by atoms with E-state index in [2.05, 4.69) is 10.6 Å². The molecule has 3 rings (SSSR count). The zero-order valence-corrected chi connectivity index (χ0v) is 20.3. The van der Waals surface area contributed by atoms with Crippen molar-refractivity contribution in [3.63, 3.8) is 0 Å². The number of ether oxygens (including phenoxy) is 2. The molecule has 2 heterocycles. The Bertz CT molecular complexity index is 1060. The lowest BCUT2D eigenvalue weighted by Gasteiger charge is -2.16. The fourth-order valence-corrected chi connectivity index (χ4v) is 3.88. The molecule has 1 aliphatic heterocycles. The van der Waals surface area contributed by atoms with Gasteiger partial charge in [-0.2, -0.15) is 0 Å². The summed E-state index contributed by atoms with van der Waals surface area (Å²) < 4.78 is 26.2. The van der Waals surface area contributed by atoms with Gasteiger partial charge in [-0.1, -0.05) is 12.1 Å². The highest BCUT2D eigenvalue weighted by Crippen LogP contribution is 2.14. The van der Waals surface area contributed by atoms with Crippen LogP contribution in [0, 0.1) is 5.82 Å². The number of hydrogen-bond acceptors (Lipinski definition) is 5. The molecule has 0 unspecified atom stereocenters. The van der Waals surface area contributed by atoms with Gasteiger partial charge in [-0.05, 0) is 57.2 Å². The highest BCUT2D eigenvalue weighted by Gasteiger charge is 2.22. The van der Waals surface area contributed by atoms with Gasteiger partial charge in [0, 0.05) is 45.2 Å². The van der Waals surface area contributed by atoms with Crippen LogP contribution in [0.4, 0.5) is 4.39 Å². The standard InChI is InChI=1S/C26H34FN3O5/c1-18(2)34-13-5-10-28-25(32)22-16-30(15-21-8-4-12-35-21)17-23(24(22)31)26(33)29-11-9-19-6-3-7-20(27)14-19/h3,6-7,14,16-18,21H,4-5,8-13,15H2,1-2H3,(H,28,32)(H,29,33)/t21-/m0/s1.